The van der Waals surface area contributed by atoms with Crippen LogP contribution in [0.15, 0.2) is 18.2 Å². The van der Waals surface area contributed by atoms with Crippen molar-refractivity contribution in [3.05, 3.63) is 34.9 Å². The quantitative estimate of drug-likeness (QED) is 0.861. The molecule has 1 aromatic carbocycles. The average Bonchev–Trinajstić information content (AvgIpc) is 2.47. The van der Waals surface area contributed by atoms with Crippen molar-refractivity contribution in [2.75, 3.05) is 7.05 Å². The topological polar surface area (TPSA) is 47.3 Å². The van der Waals surface area contributed by atoms with E-state index < -0.39 is 17.3 Å². The number of benzene rings is 1. The summed E-state index contributed by atoms with van der Waals surface area (Å²) in [7, 11) is 2.01. The van der Waals surface area contributed by atoms with Crippen LogP contribution in [-0.4, -0.2) is 29.1 Å². The molecule has 124 valence electrons. The summed E-state index contributed by atoms with van der Waals surface area (Å²) in [5, 5.41) is 20.1. The smallest absolute Gasteiger partial charge is 0.385 e. The van der Waals surface area contributed by atoms with Crippen molar-refractivity contribution in [3.8, 4) is 6.07 Å². The first-order valence-corrected chi connectivity index (χ1v) is 7.80. The van der Waals surface area contributed by atoms with Crippen LogP contribution < -0.4 is 0 Å². The van der Waals surface area contributed by atoms with Crippen molar-refractivity contribution in [2.24, 2.45) is 0 Å². The molecular formula is C17H19F3N2O. The summed E-state index contributed by atoms with van der Waals surface area (Å²) < 4.78 is 39.2. The van der Waals surface area contributed by atoms with E-state index in [0.29, 0.717) is 12.8 Å². The summed E-state index contributed by atoms with van der Waals surface area (Å²) in [4.78, 5) is 2.23. The summed E-state index contributed by atoms with van der Waals surface area (Å²) in [5.74, 6) is 0. The van der Waals surface area contributed by atoms with Gasteiger partial charge in [0.1, 0.15) is 0 Å². The maximum Gasteiger partial charge on any atom is 0.416 e. The van der Waals surface area contributed by atoms with Crippen LogP contribution in [0.5, 0.6) is 0 Å². The minimum Gasteiger partial charge on any atom is -0.385 e. The van der Waals surface area contributed by atoms with E-state index in [1.807, 2.05) is 7.05 Å². The fraction of sp³-hybridized carbons (Fsp3) is 0.588. The summed E-state index contributed by atoms with van der Waals surface area (Å²) in [6.45, 7) is 0. The molecule has 2 atom stereocenters. The summed E-state index contributed by atoms with van der Waals surface area (Å²) >= 11 is 0. The maximum atomic E-state index is 13.1. The number of hydrogen-bond acceptors (Lipinski definition) is 3. The van der Waals surface area contributed by atoms with Crippen molar-refractivity contribution in [3.63, 3.8) is 0 Å². The van der Waals surface area contributed by atoms with Gasteiger partial charge in [0.05, 0.1) is 22.8 Å². The molecule has 3 rings (SSSR count). The number of nitrogens with zero attached hydrogens (tertiary/aromatic N) is 2. The van der Waals surface area contributed by atoms with Gasteiger partial charge in [-0.15, -0.1) is 0 Å². The SMILES string of the molecule is CN1C2CCCC1CC(O)(c1cc(C#N)cc(C(F)(F)F)c1)C2. The Morgan fingerprint density at radius 2 is 1.83 bits per heavy atom. The van der Waals surface area contributed by atoms with E-state index in [-0.39, 0.29) is 23.2 Å². The second kappa shape index (κ2) is 5.50. The molecule has 0 amide bonds. The minimum absolute atomic E-state index is 0.0627. The van der Waals surface area contributed by atoms with Crippen LogP contribution in [0.25, 0.3) is 0 Å². The molecule has 2 aliphatic heterocycles. The maximum absolute atomic E-state index is 13.1. The van der Waals surface area contributed by atoms with Gasteiger partial charge < -0.3 is 10.0 Å². The molecule has 0 saturated carbocycles. The third-order valence-corrected chi connectivity index (χ3v) is 5.30. The second-order valence-corrected chi connectivity index (χ2v) is 6.75. The van der Waals surface area contributed by atoms with Gasteiger partial charge in [0.15, 0.2) is 0 Å². The number of aliphatic hydroxyl groups is 1. The molecule has 6 heteroatoms. The zero-order valence-electron chi connectivity index (χ0n) is 12.9. The third kappa shape index (κ3) is 2.96. The number of piperidine rings is 2. The first-order valence-electron chi connectivity index (χ1n) is 7.80. The Labute approximate surface area is 133 Å². The van der Waals surface area contributed by atoms with Gasteiger partial charge in [-0.05, 0) is 56.5 Å². The number of halogens is 3. The zero-order valence-corrected chi connectivity index (χ0v) is 12.9. The van der Waals surface area contributed by atoms with Gasteiger partial charge >= 0.3 is 6.18 Å². The Morgan fingerprint density at radius 3 is 2.35 bits per heavy atom. The van der Waals surface area contributed by atoms with E-state index in [1.165, 1.54) is 6.07 Å². The molecule has 3 nitrogen and oxygen atoms in total. The number of fused-ring (bicyclic) bond motifs is 2. The van der Waals surface area contributed by atoms with Crippen molar-refractivity contribution in [2.45, 2.75) is 56.0 Å². The van der Waals surface area contributed by atoms with Gasteiger partial charge in [0.25, 0.3) is 0 Å². The molecule has 2 bridgehead atoms. The van der Waals surface area contributed by atoms with Gasteiger partial charge in [0, 0.05) is 12.1 Å². The standard InChI is InChI=1S/C17H19F3N2O/c1-22-14-3-2-4-15(22)9-16(23,8-14)12-5-11(10-21)6-13(7-12)17(18,19)20/h5-7,14-15,23H,2-4,8-9H2,1H3. The highest BCUT2D eigenvalue weighted by molar-refractivity contribution is 5.41. The van der Waals surface area contributed by atoms with Crippen molar-refractivity contribution < 1.29 is 18.3 Å². The second-order valence-electron chi connectivity index (χ2n) is 6.75. The summed E-state index contributed by atoms with van der Waals surface area (Å²) in [6.07, 6.45) is -0.738. The molecule has 2 saturated heterocycles. The largest absolute Gasteiger partial charge is 0.416 e. The molecule has 0 spiro atoms. The lowest BCUT2D eigenvalue weighted by atomic mass is 9.72. The number of hydrogen-bond donors (Lipinski definition) is 1. The molecule has 0 radical (unpaired) electrons. The number of nitriles is 1. The molecular weight excluding hydrogens is 305 g/mol. The molecule has 0 aromatic heterocycles. The number of alkyl halides is 3. The Kier molecular flexibility index (Phi) is 3.89. The van der Waals surface area contributed by atoms with Crippen molar-refractivity contribution >= 4 is 0 Å². The Morgan fingerprint density at radius 1 is 1.22 bits per heavy atom. The Balaban J connectivity index is 2.02. The van der Waals surface area contributed by atoms with E-state index in [9.17, 15) is 18.3 Å². The highest BCUT2D eigenvalue weighted by Crippen LogP contribution is 2.44. The lowest BCUT2D eigenvalue weighted by molar-refractivity contribution is -0.138. The Bertz CT molecular complexity index is 636. The van der Waals surface area contributed by atoms with Gasteiger partial charge in [-0.1, -0.05) is 6.42 Å². The van der Waals surface area contributed by atoms with E-state index in [4.69, 9.17) is 5.26 Å². The monoisotopic (exact) mass is 324 g/mol. The van der Waals surface area contributed by atoms with E-state index in [1.54, 1.807) is 6.07 Å². The van der Waals surface area contributed by atoms with Crippen LogP contribution in [0.2, 0.25) is 0 Å². The third-order valence-electron chi connectivity index (χ3n) is 5.30. The molecule has 2 unspecified atom stereocenters. The lowest BCUT2D eigenvalue weighted by Crippen LogP contribution is -2.55. The number of rotatable bonds is 1. The lowest BCUT2D eigenvalue weighted by Gasteiger charge is -2.51. The fourth-order valence-electron chi connectivity index (χ4n) is 4.01. The fourth-order valence-corrected chi connectivity index (χ4v) is 4.01. The van der Waals surface area contributed by atoms with Crippen LogP contribution in [-0.2, 0) is 11.8 Å². The normalized spacial score (nSPS) is 31.7. The highest BCUT2D eigenvalue weighted by atomic mass is 19.4. The van der Waals surface area contributed by atoms with Crippen LogP contribution in [0, 0.1) is 11.3 Å². The van der Waals surface area contributed by atoms with Crippen LogP contribution in [0.4, 0.5) is 13.2 Å². The van der Waals surface area contributed by atoms with Crippen LogP contribution in [0.3, 0.4) is 0 Å². The first-order chi connectivity index (χ1) is 10.7. The molecule has 2 fully saturated rings. The molecule has 1 N–H and O–H groups in total. The average molecular weight is 324 g/mol. The van der Waals surface area contributed by atoms with E-state index >= 15 is 0 Å². The minimum atomic E-state index is -4.53. The molecule has 1 aromatic rings. The first kappa shape index (κ1) is 16.3. The molecule has 0 aliphatic carbocycles. The highest BCUT2D eigenvalue weighted by Gasteiger charge is 2.45. The van der Waals surface area contributed by atoms with Crippen molar-refractivity contribution in [1.29, 1.82) is 5.26 Å². The molecule has 2 aliphatic rings. The van der Waals surface area contributed by atoms with Crippen LogP contribution >= 0.6 is 0 Å². The van der Waals surface area contributed by atoms with Crippen molar-refractivity contribution in [1.82, 2.24) is 4.90 Å². The van der Waals surface area contributed by atoms with E-state index in [2.05, 4.69) is 4.90 Å². The summed E-state index contributed by atoms with van der Waals surface area (Å²) in [6, 6.07) is 5.36. The van der Waals surface area contributed by atoms with Crippen LogP contribution in [0.1, 0.15) is 48.8 Å². The molecule has 2 heterocycles. The van der Waals surface area contributed by atoms with Gasteiger partial charge in [-0.3, -0.25) is 0 Å². The van der Waals surface area contributed by atoms with Gasteiger partial charge in [-0.25, -0.2) is 0 Å². The van der Waals surface area contributed by atoms with Gasteiger partial charge in [0.2, 0.25) is 0 Å². The summed E-state index contributed by atoms with van der Waals surface area (Å²) in [5.41, 5.74) is -2.01. The van der Waals surface area contributed by atoms with Gasteiger partial charge in [-0.2, -0.15) is 18.4 Å². The predicted molar refractivity (Wildman–Crippen MR) is 78.5 cm³/mol. The predicted octanol–water partition coefficient (Wildman–Crippen LogP) is 3.41. The molecule has 23 heavy (non-hydrogen) atoms. The Hall–Kier alpha value is -1.58. The zero-order chi connectivity index (χ0) is 16.8. The van der Waals surface area contributed by atoms with E-state index in [0.717, 1.165) is 31.4 Å².